The summed E-state index contributed by atoms with van der Waals surface area (Å²) < 4.78 is 0. The number of hydrogen-bond acceptors (Lipinski definition) is 3. The number of carboxylic acids is 1. The molecule has 2 saturated heterocycles. The van der Waals surface area contributed by atoms with Crippen molar-refractivity contribution in [3.63, 3.8) is 0 Å². The molecule has 1 aromatic carbocycles. The molecule has 5 nitrogen and oxygen atoms in total. The lowest BCUT2D eigenvalue weighted by molar-refractivity contribution is -0.141. The quantitative estimate of drug-likeness (QED) is 0.922. The van der Waals surface area contributed by atoms with Gasteiger partial charge >= 0.3 is 5.97 Å². The fourth-order valence-electron chi connectivity index (χ4n) is 3.66. The number of carboxylic acid groups (broad SMARTS) is 1. The van der Waals surface area contributed by atoms with E-state index in [-0.39, 0.29) is 5.91 Å². The molecule has 1 aromatic rings. The van der Waals surface area contributed by atoms with Crippen molar-refractivity contribution in [3.8, 4) is 0 Å². The fourth-order valence-corrected chi connectivity index (χ4v) is 3.66. The summed E-state index contributed by atoms with van der Waals surface area (Å²) >= 11 is 0. The zero-order chi connectivity index (χ0) is 17.1. The van der Waals surface area contributed by atoms with Gasteiger partial charge in [-0.2, -0.15) is 0 Å². The first-order chi connectivity index (χ1) is 11.5. The van der Waals surface area contributed by atoms with Crippen molar-refractivity contribution < 1.29 is 14.7 Å². The second kappa shape index (κ2) is 7.34. The third kappa shape index (κ3) is 3.78. The van der Waals surface area contributed by atoms with E-state index >= 15 is 0 Å². The van der Waals surface area contributed by atoms with E-state index in [2.05, 4.69) is 11.8 Å². The summed E-state index contributed by atoms with van der Waals surface area (Å²) in [5.41, 5.74) is 1.79. The van der Waals surface area contributed by atoms with Gasteiger partial charge in [-0.1, -0.05) is 19.1 Å². The van der Waals surface area contributed by atoms with Crippen LogP contribution in [0, 0.1) is 5.92 Å². The van der Waals surface area contributed by atoms with Crippen molar-refractivity contribution in [1.29, 1.82) is 0 Å². The van der Waals surface area contributed by atoms with Gasteiger partial charge in [-0.15, -0.1) is 0 Å². The largest absolute Gasteiger partial charge is 0.480 e. The molecule has 3 rings (SSSR count). The SMILES string of the molecule is CC1CCN(Cc2ccc(C(=O)N3CCCC3C(=O)O)cc2)CC1. The van der Waals surface area contributed by atoms with Crippen LogP contribution in [0.4, 0.5) is 0 Å². The molecule has 0 radical (unpaired) electrons. The Bertz CT molecular complexity index is 591. The van der Waals surface area contributed by atoms with Gasteiger partial charge < -0.3 is 10.0 Å². The number of piperidine rings is 1. The van der Waals surface area contributed by atoms with Crippen LogP contribution < -0.4 is 0 Å². The molecule has 0 spiro atoms. The molecular weight excluding hydrogens is 304 g/mol. The molecule has 0 bridgehead atoms. The Labute approximate surface area is 143 Å². The Morgan fingerprint density at radius 3 is 2.38 bits per heavy atom. The van der Waals surface area contributed by atoms with Gasteiger partial charge in [0.15, 0.2) is 0 Å². The van der Waals surface area contributed by atoms with E-state index in [1.54, 1.807) is 0 Å². The second-order valence-electron chi connectivity index (χ2n) is 7.15. The maximum absolute atomic E-state index is 12.6. The van der Waals surface area contributed by atoms with Crippen molar-refractivity contribution in [1.82, 2.24) is 9.80 Å². The molecule has 2 fully saturated rings. The highest BCUT2D eigenvalue weighted by Crippen LogP contribution is 2.22. The topological polar surface area (TPSA) is 60.9 Å². The van der Waals surface area contributed by atoms with Crippen LogP contribution in [0.15, 0.2) is 24.3 Å². The summed E-state index contributed by atoms with van der Waals surface area (Å²) in [6, 6.07) is 6.99. The number of hydrogen-bond donors (Lipinski definition) is 1. The van der Waals surface area contributed by atoms with Gasteiger partial charge in [0, 0.05) is 18.7 Å². The Morgan fingerprint density at radius 1 is 1.08 bits per heavy atom. The Kier molecular flexibility index (Phi) is 5.19. The average molecular weight is 330 g/mol. The maximum Gasteiger partial charge on any atom is 0.326 e. The van der Waals surface area contributed by atoms with Gasteiger partial charge in [0.2, 0.25) is 0 Å². The first-order valence-corrected chi connectivity index (χ1v) is 8.89. The van der Waals surface area contributed by atoms with Gasteiger partial charge in [0.25, 0.3) is 5.91 Å². The molecule has 1 N–H and O–H groups in total. The molecule has 1 unspecified atom stereocenters. The van der Waals surface area contributed by atoms with E-state index in [1.807, 2.05) is 24.3 Å². The zero-order valence-corrected chi connectivity index (χ0v) is 14.3. The second-order valence-corrected chi connectivity index (χ2v) is 7.15. The number of benzene rings is 1. The van der Waals surface area contributed by atoms with E-state index in [1.165, 1.54) is 23.3 Å². The van der Waals surface area contributed by atoms with Crippen LogP contribution in [-0.4, -0.2) is 52.5 Å². The Balaban J connectivity index is 1.61. The van der Waals surface area contributed by atoms with Crippen LogP contribution in [0.1, 0.15) is 48.5 Å². The van der Waals surface area contributed by atoms with Crippen LogP contribution in [0.5, 0.6) is 0 Å². The normalized spacial score (nSPS) is 22.7. The summed E-state index contributed by atoms with van der Waals surface area (Å²) in [5, 5.41) is 9.23. The molecule has 2 aliphatic rings. The summed E-state index contributed by atoms with van der Waals surface area (Å²) in [6.45, 7) is 6.03. The summed E-state index contributed by atoms with van der Waals surface area (Å²) in [5.74, 6) is -0.251. The van der Waals surface area contributed by atoms with Gasteiger partial charge in [-0.3, -0.25) is 9.69 Å². The van der Waals surface area contributed by atoms with Crippen LogP contribution >= 0.6 is 0 Å². The summed E-state index contributed by atoms with van der Waals surface area (Å²) in [6.07, 6.45) is 3.81. The molecule has 1 amide bonds. The molecule has 5 heteroatoms. The number of nitrogens with zero attached hydrogens (tertiary/aromatic N) is 2. The molecule has 130 valence electrons. The maximum atomic E-state index is 12.6. The number of amides is 1. The Morgan fingerprint density at radius 2 is 1.75 bits per heavy atom. The van der Waals surface area contributed by atoms with Crippen molar-refractivity contribution in [2.75, 3.05) is 19.6 Å². The fraction of sp³-hybridized carbons (Fsp3) is 0.579. The number of likely N-dealkylation sites (tertiary alicyclic amines) is 2. The third-order valence-corrected chi connectivity index (χ3v) is 5.28. The summed E-state index contributed by atoms with van der Waals surface area (Å²) in [4.78, 5) is 27.7. The van der Waals surface area contributed by atoms with Gasteiger partial charge in [0.1, 0.15) is 6.04 Å². The predicted octanol–water partition coefficient (Wildman–Crippen LogP) is 2.61. The molecule has 0 aromatic heterocycles. The third-order valence-electron chi connectivity index (χ3n) is 5.28. The predicted molar refractivity (Wildman–Crippen MR) is 91.8 cm³/mol. The molecule has 2 aliphatic heterocycles. The molecule has 0 aliphatic carbocycles. The van der Waals surface area contributed by atoms with Gasteiger partial charge in [-0.05, 0) is 62.4 Å². The van der Waals surface area contributed by atoms with Crippen molar-refractivity contribution in [2.24, 2.45) is 5.92 Å². The molecule has 24 heavy (non-hydrogen) atoms. The highest BCUT2D eigenvalue weighted by molar-refractivity contribution is 5.97. The van der Waals surface area contributed by atoms with E-state index < -0.39 is 12.0 Å². The van der Waals surface area contributed by atoms with Crippen LogP contribution in [0.3, 0.4) is 0 Å². The monoisotopic (exact) mass is 330 g/mol. The molecule has 0 saturated carbocycles. The minimum absolute atomic E-state index is 0.168. The van der Waals surface area contributed by atoms with E-state index in [0.717, 1.165) is 32.0 Å². The molecular formula is C19H26N2O3. The number of aliphatic carboxylic acids is 1. The average Bonchev–Trinajstić information content (AvgIpc) is 3.07. The molecule has 1 atom stereocenters. The first kappa shape index (κ1) is 17.0. The highest BCUT2D eigenvalue weighted by Gasteiger charge is 2.34. The van der Waals surface area contributed by atoms with Crippen LogP contribution in [0.2, 0.25) is 0 Å². The highest BCUT2D eigenvalue weighted by atomic mass is 16.4. The van der Waals surface area contributed by atoms with Crippen molar-refractivity contribution >= 4 is 11.9 Å². The smallest absolute Gasteiger partial charge is 0.326 e. The van der Waals surface area contributed by atoms with E-state index in [0.29, 0.717) is 18.5 Å². The number of carbonyl (C=O) groups excluding carboxylic acids is 1. The minimum Gasteiger partial charge on any atom is -0.480 e. The van der Waals surface area contributed by atoms with E-state index in [4.69, 9.17) is 0 Å². The molecule has 2 heterocycles. The zero-order valence-electron chi connectivity index (χ0n) is 14.3. The first-order valence-electron chi connectivity index (χ1n) is 8.89. The number of carbonyl (C=O) groups is 2. The van der Waals surface area contributed by atoms with Gasteiger partial charge in [0.05, 0.1) is 0 Å². The lowest BCUT2D eigenvalue weighted by Crippen LogP contribution is -2.40. The number of rotatable bonds is 4. The van der Waals surface area contributed by atoms with Crippen molar-refractivity contribution in [2.45, 2.75) is 45.2 Å². The van der Waals surface area contributed by atoms with Crippen LogP contribution in [0.25, 0.3) is 0 Å². The lowest BCUT2D eigenvalue weighted by atomic mass is 9.99. The van der Waals surface area contributed by atoms with Crippen LogP contribution in [-0.2, 0) is 11.3 Å². The van der Waals surface area contributed by atoms with E-state index in [9.17, 15) is 14.7 Å². The van der Waals surface area contributed by atoms with Crippen molar-refractivity contribution in [3.05, 3.63) is 35.4 Å². The standard InChI is InChI=1S/C19H26N2O3/c1-14-8-11-20(12-9-14)13-15-4-6-16(7-5-15)18(22)21-10-2-3-17(21)19(23)24/h4-7,14,17H,2-3,8-13H2,1H3,(H,23,24). The Hall–Kier alpha value is -1.88. The lowest BCUT2D eigenvalue weighted by Gasteiger charge is -2.30. The minimum atomic E-state index is -0.906. The summed E-state index contributed by atoms with van der Waals surface area (Å²) in [7, 11) is 0. The van der Waals surface area contributed by atoms with Gasteiger partial charge in [-0.25, -0.2) is 4.79 Å².